The molecule has 2 aromatic rings. The van der Waals surface area contributed by atoms with Gasteiger partial charge in [-0.2, -0.15) is 0 Å². The number of ether oxygens (including phenoxy) is 1. The lowest BCUT2D eigenvalue weighted by Crippen LogP contribution is -2.11. The number of hydrogen-bond donors (Lipinski definition) is 1. The van der Waals surface area contributed by atoms with Crippen LogP contribution in [0.4, 0.5) is 5.69 Å². The normalized spacial score (nSPS) is 10.1. The number of carbonyl (C=O) groups is 1. The predicted molar refractivity (Wildman–Crippen MR) is 79.8 cm³/mol. The zero-order chi connectivity index (χ0) is 13.8. The summed E-state index contributed by atoms with van der Waals surface area (Å²) < 4.78 is 6.03. The number of anilines is 1. The van der Waals surface area contributed by atoms with Crippen molar-refractivity contribution in [3.05, 3.63) is 58.1 Å². The number of methoxy groups -OCH3 is 1. The fourth-order valence-corrected chi connectivity index (χ4v) is 2.00. The van der Waals surface area contributed by atoms with Crippen LogP contribution in [-0.4, -0.2) is 13.0 Å². The molecule has 0 unspecified atom stereocenters. The molecule has 2 aromatic carbocycles. The Morgan fingerprint density at radius 1 is 1.16 bits per heavy atom. The van der Waals surface area contributed by atoms with Crippen LogP contribution >= 0.6 is 15.9 Å². The molecule has 0 aliphatic rings. The van der Waals surface area contributed by atoms with Crippen LogP contribution in [0.3, 0.4) is 0 Å². The highest BCUT2D eigenvalue weighted by atomic mass is 79.9. The number of nitrogens with one attached hydrogen (secondary N) is 1. The van der Waals surface area contributed by atoms with Gasteiger partial charge in [0.1, 0.15) is 5.75 Å². The highest BCUT2D eigenvalue weighted by molar-refractivity contribution is 9.10. The molecule has 19 heavy (non-hydrogen) atoms. The summed E-state index contributed by atoms with van der Waals surface area (Å²) in [6.45, 7) is 2.00. The Balaban J connectivity index is 2.13. The number of hydrogen-bond acceptors (Lipinski definition) is 2. The van der Waals surface area contributed by atoms with Crippen LogP contribution in [0, 0.1) is 6.92 Å². The number of benzene rings is 2. The summed E-state index contributed by atoms with van der Waals surface area (Å²) in [4.78, 5) is 12.0. The number of aryl methyl sites for hydroxylation is 1. The van der Waals surface area contributed by atoms with Crippen molar-refractivity contribution in [1.29, 1.82) is 0 Å². The van der Waals surface area contributed by atoms with E-state index in [4.69, 9.17) is 4.74 Å². The van der Waals surface area contributed by atoms with Gasteiger partial charge in [0.25, 0.3) is 5.91 Å². The van der Waals surface area contributed by atoms with Gasteiger partial charge in [0.2, 0.25) is 0 Å². The van der Waals surface area contributed by atoms with Gasteiger partial charge in [-0.1, -0.05) is 22.0 Å². The molecule has 0 radical (unpaired) electrons. The van der Waals surface area contributed by atoms with E-state index in [1.807, 2.05) is 25.1 Å². The minimum absolute atomic E-state index is 0.140. The second-order valence-corrected chi connectivity index (χ2v) is 5.00. The molecule has 0 aliphatic heterocycles. The molecular weight excluding hydrogens is 306 g/mol. The molecular formula is C15H14BrNO2. The van der Waals surface area contributed by atoms with Gasteiger partial charge < -0.3 is 10.1 Å². The maximum atomic E-state index is 12.0. The largest absolute Gasteiger partial charge is 0.497 e. The molecule has 3 nitrogen and oxygen atoms in total. The molecule has 2 rings (SSSR count). The summed E-state index contributed by atoms with van der Waals surface area (Å²) in [5, 5.41) is 2.85. The summed E-state index contributed by atoms with van der Waals surface area (Å²) in [7, 11) is 1.60. The van der Waals surface area contributed by atoms with Gasteiger partial charge in [0.05, 0.1) is 7.11 Å². The number of rotatable bonds is 3. The third-order valence-electron chi connectivity index (χ3n) is 2.78. The van der Waals surface area contributed by atoms with Crippen LogP contribution in [0.15, 0.2) is 46.9 Å². The molecule has 0 saturated carbocycles. The fourth-order valence-electron chi connectivity index (χ4n) is 1.62. The SMILES string of the molecule is COc1ccc(C(=O)Nc2ccc(C)c(Br)c2)cc1. The van der Waals surface area contributed by atoms with Crippen LogP contribution in [0.2, 0.25) is 0 Å². The number of amides is 1. The van der Waals surface area contributed by atoms with E-state index in [0.717, 1.165) is 21.5 Å². The summed E-state index contributed by atoms with van der Waals surface area (Å²) in [5.74, 6) is 0.591. The monoisotopic (exact) mass is 319 g/mol. The molecule has 0 aliphatic carbocycles. The van der Waals surface area contributed by atoms with Gasteiger partial charge in [-0.15, -0.1) is 0 Å². The maximum Gasteiger partial charge on any atom is 0.255 e. The molecule has 0 aromatic heterocycles. The first-order valence-electron chi connectivity index (χ1n) is 5.81. The molecule has 0 atom stereocenters. The van der Waals surface area contributed by atoms with Gasteiger partial charge >= 0.3 is 0 Å². The highest BCUT2D eigenvalue weighted by Gasteiger charge is 2.06. The molecule has 0 heterocycles. The Morgan fingerprint density at radius 3 is 2.42 bits per heavy atom. The first-order valence-corrected chi connectivity index (χ1v) is 6.61. The lowest BCUT2D eigenvalue weighted by Gasteiger charge is -2.07. The third kappa shape index (κ3) is 3.35. The number of carbonyl (C=O) groups excluding carboxylic acids is 1. The van der Waals surface area contributed by atoms with E-state index in [2.05, 4.69) is 21.2 Å². The molecule has 1 amide bonds. The zero-order valence-electron chi connectivity index (χ0n) is 10.7. The zero-order valence-corrected chi connectivity index (χ0v) is 12.3. The Morgan fingerprint density at radius 2 is 1.84 bits per heavy atom. The van der Waals surface area contributed by atoms with E-state index in [-0.39, 0.29) is 5.91 Å². The average Bonchev–Trinajstić information content (AvgIpc) is 2.43. The minimum Gasteiger partial charge on any atom is -0.497 e. The summed E-state index contributed by atoms with van der Waals surface area (Å²) in [6, 6.07) is 12.7. The Kier molecular flexibility index (Phi) is 4.22. The van der Waals surface area contributed by atoms with E-state index in [9.17, 15) is 4.79 Å². The van der Waals surface area contributed by atoms with Crippen molar-refractivity contribution in [1.82, 2.24) is 0 Å². The summed E-state index contributed by atoms with van der Waals surface area (Å²) in [5.41, 5.74) is 2.48. The molecule has 0 bridgehead atoms. The molecule has 1 N–H and O–H groups in total. The van der Waals surface area contributed by atoms with Gasteiger partial charge in [-0.05, 0) is 48.9 Å². The van der Waals surface area contributed by atoms with Crippen molar-refractivity contribution in [3.8, 4) is 5.75 Å². The van der Waals surface area contributed by atoms with Gasteiger partial charge in [0, 0.05) is 15.7 Å². The first-order chi connectivity index (χ1) is 9.10. The quantitative estimate of drug-likeness (QED) is 0.928. The van der Waals surface area contributed by atoms with Crippen LogP contribution in [0.5, 0.6) is 5.75 Å². The van der Waals surface area contributed by atoms with E-state index < -0.39 is 0 Å². The minimum atomic E-state index is -0.140. The van der Waals surface area contributed by atoms with E-state index in [0.29, 0.717) is 5.56 Å². The maximum absolute atomic E-state index is 12.0. The second-order valence-electron chi connectivity index (χ2n) is 4.15. The van der Waals surface area contributed by atoms with Crippen molar-refractivity contribution in [2.75, 3.05) is 12.4 Å². The lowest BCUT2D eigenvalue weighted by atomic mass is 10.2. The van der Waals surface area contributed by atoms with Crippen LogP contribution in [-0.2, 0) is 0 Å². The van der Waals surface area contributed by atoms with Crippen molar-refractivity contribution >= 4 is 27.5 Å². The van der Waals surface area contributed by atoms with Gasteiger partial charge in [-0.25, -0.2) is 0 Å². The number of halogens is 1. The molecule has 0 spiro atoms. The lowest BCUT2D eigenvalue weighted by molar-refractivity contribution is 0.102. The molecule has 0 saturated heterocycles. The van der Waals surface area contributed by atoms with E-state index >= 15 is 0 Å². The Labute approximate surface area is 120 Å². The van der Waals surface area contributed by atoms with E-state index in [1.54, 1.807) is 31.4 Å². The van der Waals surface area contributed by atoms with Crippen molar-refractivity contribution in [2.24, 2.45) is 0 Å². The van der Waals surface area contributed by atoms with Crippen LogP contribution in [0.25, 0.3) is 0 Å². The first kappa shape index (κ1) is 13.6. The van der Waals surface area contributed by atoms with Crippen LogP contribution in [0.1, 0.15) is 15.9 Å². The molecule has 4 heteroatoms. The summed E-state index contributed by atoms with van der Waals surface area (Å²) >= 11 is 3.44. The van der Waals surface area contributed by atoms with Gasteiger partial charge in [-0.3, -0.25) is 4.79 Å². The Hall–Kier alpha value is -1.81. The molecule has 98 valence electrons. The van der Waals surface area contributed by atoms with Crippen molar-refractivity contribution in [3.63, 3.8) is 0 Å². The Bertz CT molecular complexity index is 594. The summed E-state index contributed by atoms with van der Waals surface area (Å²) in [6.07, 6.45) is 0. The van der Waals surface area contributed by atoms with Crippen molar-refractivity contribution in [2.45, 2.75) is 6.92 Å². The standard InChI is InChI=1S/C15H14BrNO2/c1-10-3-6-12(9-14(10)16)17-15(18)11-4-7-13(19-2)8-5-11/h3-9H,1-2H3,(H,17,18). The van der Waals surface area contributed by atoms with E-state index in [1.165, 1.54) is 0 Å². The average molecular weight is 320 g/mol. The highest BCUT2D eigenvalue weighted by Crippen LogP contribution is 2.21. The topological polar surface area (TPSA) is 38.3 Å². The third-order valence-corrected chi connectivity index (χ3v) is 3.64. The van der Waals surface area contributed by atoms with Crippen molar-refractivity contribution < 1.29 is 9.53 Å². The fraction of sp³-hybridized carbons (Fsp3) is 0.133. The van der Waals surface area contributed by atoms with Gasteiger partial charge in [0.15, 0.2) is 0 Å². The smallest absolute Gasteiger partial charge is 0.255 e. The van der Waals surface area contributed by atoms with Crippen LogP contribution < -0.4 is 10.1 Å². The molecule has 0 fully saturated rings. The second kappa shape index (κ2) is 5.89. The predicted octanol–water partition coefficient (Wildman–Crippen LogP) is 4.02.